The first kappa shape index (κ1) is 20.7. The molecule has 2 fully saturated rings. The van der Waals surface area contributed by atoms with E-state index < -0.39 is 0 Å². The summed E-state index contributed by atoms with van der Waals surface area (Å²) in [6.07, 6.45) is 5.54. The molecule has 2 saturated heterocycles. The lowest BCUT2D eigenvalue weighted by Crippen LogP contribution is -2.56. The van der Waals surface area contributed by atoms with E-state index in [-0.39, 0.29) is 11.9 Å². The molecule has 2 atom stereocenters. The van der Waals surface area contributed by atoms with Crippen molar-refractivity contribution in [3.63, 3.8) is 0 Å². The highest BCUT2D eigenvalue weighted by Crippen LogP contribution is 2.37. The third-order valence-electron chi connectivity index (χ3n) is 6.54. The zero-order valence-electron chi connectivity index (χ0n) is 17.5. The maximum absolute atomic E-state index is 12.9. The van der Waals surface area contributed by atoms with Crippen molar-refractivity contribution in [2.75, 3.05) is 7.11 Å². The molecular weight excluding hydrogens is 430 g/mol. The summed E-state index contributed by atoms with van der Waals surface area (Å²) in [5, 5.41) is 5.17. The van der Waals surface area contributed by atoms with Crippen LogP contribution in [-0.2, 0) is 6.54 Å². The Kier molecular flexibility index (Phi) is 5.87. The number of amides is 1. The molecule has 2 unspecified atom stereocenters. The summed E-state index contributed by atoms with van der Waals surface area (Å²) >= 11 is 8.06. The summed E-state index contributed by atoms with van der Waals surface area (Å²) in [6, 6.07) is 14.5. The Hall–Kier alpha value is -2.15. The number of hydrogen-bond donors (Lipinski definition) is 1. The van der Waals surface area contributed by atoms with Gasteiger partial charge in [-0.2, -0.15) is 0 Å². The van der Waals surface area contributed by atoms with Gasteiger partial charge in [0.25, 0.3) is 5.91 Å². The summed E-state index contributed by atoms with van der Waals surface area (Å²) in [6.45, 7) is 0.859. The van der Waals surface area contributed by atoms with E-state index in [2.05, 4.69) is 10.2 Å². The number of nitrogens with one attached hydrogen (secondary N) is 1. The fraction of sp³-hybridized carbons (Fsp3) is 0.417. The summed E-state index contributed by atoms with van der Waals surface area (Å²) in [5.41, 5.74) is 1.58. The number of aromatic nitrogens is 1. The Balaban J connectivity index is 1.29. The van der Waals surface area contributed by atoms with Crippen LogP contribution >= 0.6 is 22.9 Å². The molecule has 2 bridgehead atoms. The number of ether oxygens (including phenoxy) is 1. The van der Waals surface area contributed by atoms with Crippen LogP contribution in [0.3, 0.4) is 0 Å². The van der Waals surface area contributed by atoms with Gasteiger partial charge in [0.05, 0.1) is 34.5 Å². The Morgan fingerprint density at radius 2 is 1.97 bits per heavy atom. The van der Waals surface area contributed by atoms with Gasteiger partial charge in [0, 0.05) is 18.1 Å². The number of carbonyl (C=O) groups is 1. The van der Waals surface area contributed by atoms with E-state index in [0.29, 0.717) is 23.4 Å². The third-order valence-corrected chi connectivity index (χ3v) is 8.06. The van der Waals surface area contributed by atoms with Crippen LogP contribution in [-0.4, -0.2) is 41.0 Å². The quantitative estimate of drug-likeness (QED) is 0.569. The van der Waals surface area contributed by atoms with Crippen molar-refractivity contribution in [3.8, 4) is 5.75 Å². The van der Waals surface area contributed by atoms with Gasteiger partial charge in [0.1, 0.15) is 10.8 Å². The maximum atomic E-state index is 12.9. The van der Waals surface area contributed by atoms with E-state index in [0.717, 1.165) is 39.6 Å². The van der Waals surface area contributed by atoms with Gasteiger partial charge >= 0.3 is 0 Å². The van der Waals surface area contributed by atoms with Gasteiger partial charge in [-0.1, -0.05) is 36.2 Å². The summed E-state index contributed by atoms with van der Waals surface area (Å²) in [5.74, 6) is 0.571. The van der Waals surface area contributed by atoms with Crippen molar-refractivity contribution < 1.29 is 9.53 Å². The second-order valence-corrected chi connectivity index (χ2v) is 9.94. The van der Waals surface area contributed by atoms with Crippen LogP contribution in [0.4, 0.5) is 0 Å². The van der Waals surface area contributed by atoms with Crippen LogP contribution < -0.4 is 10.1 Å². The summed E-state index contributed by atoms with van der Waals surface area (Å²) in [7, 11) is 1.60. The SMILES string of the molecule is COc1ccccc1C(=O)NC1CC2CCCC(C1)N2Cc1nc2cccc(Cl)c2s1. The van der Waals surface area contributed by atoms with Crippen molar-refractivity contribution in [1.82, 2.24) is 15.2 Å². The molecule has 0 spiro atoms. The molecule has 31 heavy (non-hydrogen) atoms. The van der Waals surface area contributed by atoms with Crippen molar-refractivity contribution in [1.29, 1.82) is 0 Å². The zero-order chi connectivity index (χ0) is 21.4. The van der Waals surface area contributed by atoms with Crippen molar-refractivity contribution in [3.05, 3.63) is 58.1 Å². The van der Waals surface area contributed by atoms with Gasteiger partial charge < -0.3 is 10.1 Å². The average molecular weight is 456 g/mol. The largest absolute Gasteiger partial charge is 0.496 e. The molecule has 1 amide bonds. The minimum Gasteiger partial charge on any atom is -0.496 e. The number of fused-ring (bicyclic) bond motifs is 3. The zero-order valence-corrected chi connectivity index (χ0v) is 19.1. The molecule has 0 aliphatic carbocycles. The Morgan fingerprint density at radius 3 is 2.71 bits per heavy atom. The number of hydrogen-bond acceptors (Lipinski definition) is 5. The Labute approximate surface area is 191 Å². The van der Waals surface area contributed by atoms with Gasteiger partial charge in [0.2, 0.25) is 0 Å². The molecule has 2 aromatic carbocycles. The molecular formula is C24H26ClN3O2S. The van der Waals surface area contributed by atoms with E-state index in [4.69, 9.17) is 21.3 Å². The molecule has 2 aliphatic rings. The molecule has 0 radical (unpaired) electrons. The average Bonchev–Trinajstić information content (AvgIpc) is 3.18. The normalized spacial score (nSPS) is 23.6. The second kappa shape index (κ2) is 8.77. The molecule has 2 aliphatic heterocycles. The predicted molar refractivity (Wildman–Crippen MR) is 125 cm³/mol. The molecule has 3 aromatic rings. The number of halogens is 1. The number of carbonyl (C=O) groups excluding carboxylic acids is 1. The van der Waals surface area contributed by atoms with Crippen LogP contribution in [0.25, 0.3) is 10.2 Å². The molecule has 162 valence electrons. The number of piperidine rings is 2. The lowest BCUT2D eigenvalue weighted by molar-refractivity contribution is 0.0176. The van der Waals surface area contributed by atoms with Gasteiger partial charge in [-0.3, -0.25) is 9.69 Å². The molecule has 1 aromatic heterocycles. The van der Waals surface area contributed by atoms with E-state index >= 15 is 0 Å². The first-order chi connectivity index (χ1) is 15.1. The highest BCUT2D eigenvalue weighted by Gasteiger charge is 2.39. The number of methoxy groups -OCH3 is 1. The lowest BCUT2D eigenvalue weighted by atomic mass is 9.81. The van der Waals surface area contributed by atoms with Crippen LogP contribution in [0.2, 0.25) is 5.02 Å². The fourth-order valence-corrected chi connectivity index (χ4v) is 6.40. The smallest absolute Gasteiger partial charge is 0.255 e. The van der Waals surface area contributed by atoms with Gasteiger partial charge in [-0.05, 0) is 49.9 Å². The summed E-state index contributed by atoms with van der Waals surface area (Å²) in [4.78, 5) is 20.3. The fourth-order valence-electron chi connectivity index (χ4n) is 5.14. The standard InChI is InChI=1S/C24H26ClN3O2S/c1-30-21-11-3-2-8-18(21)24(29)26-15-12-16-6-4-7-17(13-15)28(16)14-22-27-20-10-5-9-19(25)23(20)31-22/h2-3,5,8-11,15-17H,4,6-7,12-14H2,1H3,(H,26,29). The van der Waals surface area contributed by atoms with E-state index in [1.807, 2.05) is 42.5 Å². The maximum Gasteiger partial charge on any atom is 0.255 e. The van der Waals surface area contributed by atoms with Gasteiger partial charge in [0.15, 0.2) is 0 Å². The minimum atomic E-state index is -0.0465. The predicted octanol–water partition coefficient (Wildman–Crippen LogP) is 5.27. The summed E-state index contributed by atoms with van der Waals surface area (Å²) < 4.78 is 6.44. The van der Waals surface area contributed by atoms with Gasteiger partial charge in [-0.25, -0.2) is 4.98 Å². The second-order valence-electron chi connectivity index (χ2n) is 8.45. The highest BCUT2D eigenvalue weighted by molar-refractivity contribution is 7.19. The first-order valence-corrected chi connectivity index (χ1v) is 12.1. The van der Waals surface area contributed by atoms with E-state index in [1.54, 1.807) is 18.4 Å². The highest BCUT2D eigenvalue weighted by atomic mass is 35.5. The van der Waals surface area contributed by atoms with Crippen molar-refractivity contribution >= 4 is 39.1 Å². The topological polar surface area (TPSA) is 54.5 Å². The Morgan fingerprint density at radius 1 is 1.19 bits per heavy atom. The molecule has 0 saturated carbocycles. The van der Waals surface area contributed by atoms with Crippen LogP contribution in [0, 0.1) is 0 Å². The third kappa shape index (κ3) is 4.16. The van der Waals surface area contributed by atoms with Crippen LogP contribution in [0.15, 0.2) is 42.5 Å². The molecule has 3 heterocycles. The number of rotatable bonds is 5. The van der Waals surface area contributed by atoms with E-state index in [1.165, 1.54) is 19.3 Å². The van der Waals surface area contributed by atoms with Crippen LogP contribution in [0.1, 0.15) is 47.5 Å². The lowest BCUT2D eigenvalue weighted by Gasteiger charge is -2.48. The number of thiazole rings is 1. The molecule has 1 N–H and O–H groups in total. The van der Waals surface area contributed by atoms with Crippen molar-refractivity contribution in [2.45, 2.75) is 56.8 Å². The van der Waals surface area contributed by atoms with Crippen LogP contribution in [0.5, 0.6) is 5.75 Å². The monoisotopic (exact) mass is 455 g/mol. The number of benzene rings is 2. The minimum absolute atomic E-state index is 0.0465. The number of para-hydroxylation sites is 1. The molecule has 7 heteroatoms. The molecule has 5 nitrogen and oxygen atoms in total. The van der Waals surface area contributed by atoms with E-state index in [9.17, 15) is 4.79 Å². The molecule has 5 rings (SSSR count). The number of nitrogens with zero attached hydrogens (tertiary/aromatic N) is 2. The van der Waals surface area contributed by atoms with Crippen molar-refractivity contribution in [2.24, 2.45) is 0 Å². The first-order valence-electron chi connectivity index (χ1n) is 10.9. The van der Waals surface area contributed by atoms with Gasteiger partial charge in [-0.15, -0.1) is 11.3 Å². The Bertz CT molecular complexity index is 1090.